The molecule has 1 N–H and O–H groups in total. The van der Waals surface area contributed by atoms with Crippen LogP contribution in [0.25, 0.3) is 0 Å². The fraction of sp³-hybridized carbons (Fsp3) is 0.440. The molecule has 0 aliphatic carbocycles. The van der Waals surface area contributed by atoms with Crippen LogP contribution in [-0.2, 0) is 16.1 Å². The molecule has 0 aliphatic heterocycles. The maximum atomic E-state index is 13.1. The Balaban J connectivity index is 2.12. The van der Waals surface area contributed by atoms with Crippen molar-refractivity contribution >= 4 is 11.8 Å². The summed E-state index contributed by atoms with van der Waals surface area (Å²) in [6.07, 6.45) is 1.90. The lowest BCUT2D eigenvalue weighted by Crippen LogP contribution is -2.49. The molecule has 168 valence electrons. The van der Waals surface area contributed by atoms with Gasteiger partial charge in [-0.05, 0) is 68.1 Å². The zero-order valence-corrected chi connectivity index (χ0v) is 19.2. The number of hydrogen-bond donors (Lipinski definition) is 1. The van der Waals surface area contributed by atoms with Crippen molar-refractivity contribution in [3.8, 4) is 11.5 Å². The Morgan fingerprint density at radius 3 is 2.32 bits per heavy atom. The lowest BCUT2D eigenvalue weighted by atomic mass is 10.1. The SMILES string of the molecule is CCCCNC(=O)[C@H](C)N(Cc1ccc(OC)cc1)C(=O)COc1ccc(C)c(C)c1. The van der Waals surface area contributed by atoms with Crippen LogP contribution in [-0.4, -0.2) is 43.0 Å². The van der Waals surface area contributed by atoms with E-state index in [1.165, 1.54) is 0 Å². The number of hydrogen-bond acceptors (Lipinski definition) is 4. The van der Waals surface area contributed by atoms with E-state index in [1.807, 2.05) is 56.3 Å². The number of carbonyl (C=O) groups excluding carboxylic acids is 2. The van der Waals surface area contributed by atoms with Gasteiger partial charge in [0.2, 0.25) is 5.91 Å². The molecule has 0 unspecified atom stereocenters. The Kier molecular flexibility index (Phi) is 9.38. The van der Waals surface area contributed by atoms with Gasteiger partial charge in [-0.1, -0.05) is 31.5 Å². The van der Waals surface area contributed by atoms with E-state index in [9.17, 15) is 9.59 Å². The van der Waals surface area contributed by atoms with E-state index >= 15 is 0 Å². The molecule has 0 heterocycles. The molecule has 0 saturated heterocycles. The summed E-state index contributed by atoms with van der Waals surface area (Å²) in [6.45, 7) is 8.62. The number of rotatable bonds is 11. The van der Waals surface area contributed by atoms with E-state index in [4.69, 9.17) is 9.47 Å². The van der Waals surface area contributed by atoms with Crippen molar-refractivity contribution in [2.75, 3.05) is 20.3 Å². The molecule has 2 rings (SSSR count). The van der Waals surface area contributed by atoms with Crippen molar-refractivity contribution < 1.29 is 19.1 Å². The minimum atomic E-state index is -0.616. The van der Waals surface area contributed by atoms with Crippen LogP contribution in [0.15, 0.2) is 42.5 Å². The average molecular weight is 427 g/mol. The molecule has 2 aromatic rings. The Morgan fingerprint density at radius 1 is 1.03 bits per heavy atom. The maximum Gasteiger partial charge on any atom is 0.261 e. The van der Waals surface area contributed by atoms with Crippen LogP contribution in [0, 0.1) is 13.8 Å². The second-order valence-corrected chi connectivity index (χ2v) is 7.73. The van der Waals surface area contributed by atoms with Crippen molar-refractivity contribution in [3.05, 3.63) is 59.2 Å². The maximum absolute atomic E-state index is 13.1. The van der Waals surface area contributed by atoms with Crippen LogP contribution < -0.4 is 14.8 Å². The molecule has 0 saturated carbocycles. The van der Waals surface area contributed by atoms with E-state index in [0.717, 1.165) is 35.3 Å². The zero-order valence-electron chi connectivity index (χ0n) is 19.2. The number of aryl methyl sites for hydroxylation is 2. The number of nitrogens with one attached hydrogen (secondary N) is 1. The van der Waals surface area contributed by atoms with Gasteiger partial charge in [0, 0.05) is 13.1 Å². The zero-order chi connectivity index (χ0) is 22.8. The predicted molar refractivity (Wildman–Crippen MR) is 122 cm³/mol. The third kappa shape index (κ3) is 7.31. The minimum Gasteiger partial charge on any atom is -0.497 e. The normalized spacial score (nSPS) is 11.5. The molecule has 2 amide bonds. The van der Waals surface area contributed by atoms with Gasteiger partial charge in [0.05, 0.1) is 7.11 Å². The summed E-state index contributed by atoms with van der Waals surface area (Å²) in [7, 11) is 1.61. The van der Waals surface area contributed by atoms with Crippen LogP contribution in [0.1, 0.15) is 43.4 Å². The van der Waals surface area contributed by atoms with Crippen LogP contribution in [0.2, 0.25) is 0 Å². The Labute approximate surface area is 185 Å². The summed E-state index contributed by atoms with van der Waals surface area (Å²) in [5.74, 6) is 0.972. The van der Waals surface area contributed by atoms with Crippen LogP contribution in [0.4, 0.5) is 0 Å². The van der Waals surface area contributed by atoms with Gasteiger partial charge >= 0.3 is 0 Å². The molecule has 0 aliphatic rings. The lowest BCUT2D eigenvalue weighted by molar-refractivity contribution is -0.142. The van der Waals surface area contributed by atoms with Gasteiger partial charge in [-0.25, -0.2) is 0 Å². The Morgan fingerprint density at radius 2 is 1.71 bits per heavy atom. The Hall–Kier alpha value is -3.02. The highest BCUT2D eigenvalue weighted by Crippen LogP contribution is 2.18. The van der Waals surface area contributed by atoms with Gasteiger partial charge in [-0.3, -0.25) is 9.59 Å². The number of benzene rings is 2. The number of methoxy groups -OCH3 is 1. The molecule has 31 heavy (non-hydrogen) atoms. The minimum absolute atomic E-state index is 0.134. The highest BCUT2D eigenvalue weighted by molar-refractivity contribution is 5.87. The van der Waals surface area contributed by atoms with Crippen LogP contribution in [0.5, 0.6) is 11.5 Å². The molecule has 1 atom stereocenters. The fourth-order valence-corrected chi connectivity index (χ4v) is 3.08. The Bertz CT molecular complexity index is 864. The van der Waals surface area contributed by atoms with Crippen molar-refractivity contribution in [2.45, 2.75) is 53.1 Å². The quantitative estimate of drug-likeness (QED) is 0.551. The molecule has 2 aromatic carbocycles. The highest BCUT2D eigenvalue weighted by Gasteiger charge is 2.26. The lowest BCUT2D eigenvalue weighted by Gasteiger charge is -2.29. The van der Waals surface area contributed by atoms with Gasteiger partial charge in [-0.2, -0.15) is 0 Å². The number of unbranched alkanes of at least 4 members (excludes halogenated alkanes) is 1. The molecule has 6 heteroatoms. The van der Waals surface area contributed by atoms with Gasteiger partial charge < -0.3 is 19.7 Å². The van der Waals surface area contributed by atoms with E-state index in [1.54, 1.807) is 18.9 Å². The summed E-state index contributed by atoms with van der Waals surface area (Å²) in [6, 6.07) is 12.6. The summed E-state index contributed by atoms with van der Waals surface area (Å²) in [5.41, 5.74) is 3.18. The van der Waals surface area contributed by atoms with E-state index < -0.39 is 6.04 Å². The number of amides is 2. The smallest absolute Gasteiger partial charge is 0.261 e. The second-order valence-electron chi connectivity index (χ2n) is 7.73. The second kappa shape index (κ2) is 12.0. The molecule has 0 fully saturated rings. The number of carbonyl (C=O) groups is 2. The van der Waals surface area contributed by atoms with Crippen molar-refractivity contribution in [3.63, 3.8) is 0 Å². The highest BCUT2D eigenvalue weighted by atomic mass is 16.5. The number of nitrogens with zero attached hydrogens (tertiary/aromatic N) is 1. The van der Waals surface area contributed by atoms with Crippen molar-refractivity contribution in [1.82, 2.24) is 10.2 Å². The van der Waals surface area contributed by atoms with Crippen molar-refractivity contribution in [1.29, 1.82) is 0 Å². The van der Waals surface area contributed by atoms with Crippen molar-refractivity contribution in [2.24, 2.45) is 0 Å². The summed E-state index contributed by atoms with van der Waals surface area (Å²) >= 11 is 0. The van der Waals surface area contributed by atoms with Crippen LogP contribution in [0.3, 0.4) is 0 Å². The topological polar surface area (TPSA) is 67.9 Å². The van der Waals surface area contributed by atoms with E-state index in [2.05, 4.69) is 12.2 Å². The first-order chi connectivity index (χ1) is 14.8. The van der Waals surface area contributed by atoms with Gasteiger partial charge in [0.1, 0.15) is 17.5 Å². The fourth-order valence-electron chi connectivity index (χ4n) is 3.08. The summed E-state index contributed by atoms with van der Waals surface area (Å²) < 4.78 is 10.9. The van der Waals surface area contributed by atoms with Gasteiger partial charge in [0.25, 0.3) is 5.91 Å². The first-order valence-electron chi connectivity index (χ1n) is 10.8. The summed E-state index contributed by atoms with van der Waals surface area (Å²) in [4.78, 5) is 27.3. The third-order valence-corrected chi connectivity index (χ3v) is 5.35. The first-order valence-corrected chi connectivity index (χ1v) is 10.8. The van der Waals surface area contributed by atoms with E-state index in [0.29, 0.717) is 18.8 Å². The molecule has 0 radical (unpaired) electrons. The van der Waals surface area contributed by atoms with Crippen LogP contribution >= 0.6 is 0 Å². The molecule has 0 aromatic heterocycles. The largest absolute Gasteiger partial charge is 0.497 e. The van der Waals surface area contributed by atoms with Gasteiger partial charge in [-0.15, -0.1) is 0 Å². The third-order valence-electron chi connectivity index (χ3n) is 5.35. The summed E-state index contributed by atoms with van der Waals surface area (Å²) in [5, 5.41) is 2.92. The monoisotopic (exact) mass is 426 g/mol. The average Bonchev–Trinajstić information content (AvgIpc) is 2.78. The first kappa shape index (κ1) is 24.3. The molecular formula is C25H34N2O4. The van der Waals surface area contributed by atoms with E-state index in [-0.39, 0.29) is 18.4 Å². The number of ether oxygens (including phenoxy) is 2. The molecular weight excluding hydrogens is 392 g/mol. The van der Waals surface area contributed by atoms with Gasteiger partial charge in [0.15, 0.2) is 6.61 Å². The standard InChI is InChI=1S/C25H34N2O4/c1-6-7-14-26-25(29)20(4)27(16-21-9-12-22(30-5)13-10-21)24(28)17-31-23-11-8-18(2)19(3)15-23/h8-13,15,20H,6-7,14,16-17H2,1-5H3,(H,26,29)/t20-/m0/s1. The predicted octanol–water partition coefficient (Wildman–Crippen LogP) is 4.02. The molecule has 0 spiro atoms. The molecule has 6 nitrogen and oxygen atoms in total. The molecule has 0 bridgehead atoms.